The van der Waals surface area contributed by atoms with E-state index in [4.69, 9.17) is 5.73 Å². The molecule has 19 heavy (non-hydrogen) atoms. The van der Waals surface area contributed by atoms with Crippen molar-refractivity contribution in [3.05, 3.63) is 0 Å². The number of hydrogen-bond acceptors (Lipinski definition) is 6. The van der Waals surface area contributed by atoms with Crippen LogP contribution in [0.3, 0.4) is 0 Å². The van der Waals surface area contributed by atoms with Gasteiger partial charge in [-0.25, -0.2) is 0 Å². The smallest absolute Gasteiger partial charge is 0.231 e. The van der Waals surface area contributed by atoms with Crippen molar-refractivity contribution in [1.82, 2.24) is 15.0 Å². The lowest BCUT2D eigenvalue weighted by Crippen LogP contribution is -2.28. The summed E-state index contributed by atoms with van der Waals surface area (Å²) in [5.41, 5.74) is 5.74. The largest absolute Gasteiger partial charge is 0.368 e. The zero-order chi connectivity index (χ0) is 13.8. The van der Waals surface area contributed by atoms with E-state index < -0.39 is 0 Å². The molecule has 3 N–H and O–H groups in total. The van der Waals surface area contributed by atoms with E-state index in [1.165, 1.54) is 32.1 Å². The van der Waals surface area contributed by atoms with E-state index >= 15 is 0 Å². The topological polar surface area (TPSA) is 80.0 Å². The lowest BCUT2D eigenvalue weighted by atomic mass is 9.97. The Labute approximate surface area is 114 Å². The number of nitrogen functional groups attached to an aromatic ring is 1. The van der Waals surface area contributed by atoms with Crippen LogP contribution in [0.15, 0.2) is 0 Å². The van der Waals surface area contributed by atoms with Gasteiger partial charge in [0, 0.05) is 20.1 Å². The fourth-order valence-electron chi connectivity index (χ4n) is 2.52. The number of anilines is 3. The molecule has 6 heteroatoms. The minimum absolute atomic E-state index is 0.266. The minimum Gasteiger partial charge on any atom is -0.368 e. The van der Waals surface area contributed by atoms with E-state index in [0.717, 1.165) is 0 Å². The standard InChI is InChI=1S/C13H24N6/c1-9-7-5-4-6-8-10(9)15-12-16-11(14)17-13(18-12)19(2)3/h9-10H,4-8H2,1-3H3,(H3,14,15,16,17,18). The van der Waals surface area contributed by atoms with Crippen LogP contribution in [0.2, 0.25) is 0 Å². The van der Waals surface area contributed by atoms with Crippen molar-refractivity contribution in [3.63, 3.8) is 0 Å². The Balaban J connectivity index is 2.13. The second kappa shape index (κ2) is 6.04. The molecule has 1 fully saturated rings. The molecule has 0 radical (unpaired) electrons. The predicted molar refractivity (Wildman–Crippen MR) is 78.2 cm³/mol. The molecule has 2 atom stereocenters. The first kappa shape index (κ1) is 13.8. The van der Waals surface area contributed by atoms with Crippen LogP contribution in [-0.4, -0.2) is 35.1 Å². The summed E-state index contributed by atoms with van der Waals surface area (Å²) in [6.07, 6.45) is 6.35. The Bertz CT molecular complexity index is 420. The second-order valence-electron chi connectivity index (χ2n) is 5.58. The maximum Gasteiger partial charge on any atom is 0.231 e. The maximum atomic E-state index is 5.74. The molecule has 1 aromatic rings. The molecule has 1 heterocycles. The van der Waals surface area contributed by atoms with Crippen LogP contribution in [0.4, 0.5) is 17.8 Å². The molecule has 0 aromatic carbocycles. The van der Waals surface area contributed by atoms with Crippen molar-refractivity contribution in [2.24, 2.45) is 5.92 Å². The average Bonchev–Trinajstić information content (AvgIpc) is 2.54. The Morgan fingerprint density at radius 2 is 1.84 bits per heavy atom. The SMILES string of the molecule is CC1CCCCCC1Nc1nc(N)nc(N(C)C)n1. The third-order valence-electron chi connectivity index (χ3n) is 3.72. The van der Waals surface area contributed by atoms with Gasteiger partial charge in [0.25, 0.3) is 0 Å². The number of rotatable bonds is 3. The van der Waals surface area contributed by atoms with Gasteiger partial charge < -0.3 is 16.0 Å². The third kappa shape index (κ3) is 3.68. The van der Waals surface area contributed by atoms with Crippen molar-refractivity contribution in [2.75, 3.05) is 30.0 Å². The van der Waals surface area contributed by atoms with Crippen LogP contribution in [0.5, 0.6) is 0 Å². The summed E-state index contributed by atoms with van der Waals surface area (Å²) in [5.74, 6) is 2.09. The van der Waals surface area contributed by atoms with Crippen molar-refractivity contribution < 1.29 is 0 Å². The lowest BCUT2D eigenvalue weighted by molar-refractivity contribution is 0.454. The predicted octanol–water partition coefficient (Wildman–Crippen LogP) is 1.90. The van der Waals surface area contributed by atoms with Gasteiger partial charge in [-0.1, -0.05) is 26.2 Å². The Morgan fingerprint density at radius 3 is 2.58 bits per heavy atom. The molecule has 0 aliphatic heterocycles. The molecule has 6 nitrogen and oxygen atoms in total. The molecule has 0 spiro atoms. The molecular weight excluding hydrogens is 240 g/mol. The summed E-state index contributed by atoms with van der Waals surface area (Å²) >= 11 is 0. The summed E-state index contributed by atoms with van der Waals surface area (Å²) < 4.78 is 0. The summed E-state index contributed by atoms with van der Waals surface area (Å²) in [7, 11) is 3.79. The highest BCUT2D eigenvalue weighted by molar-refractivity contribution is 5.41. The van der Waals surface area contributed by atoms with Gasteiger partial charge in [0.15, 0.2) is 0 Å². The highest BCUT2D eigenvalue weighted by atomic mass is 15.3. The zero-order valence-electron chi connectivity index (χ0n) is 12.1. The van der Waals surface area contributed by atoms with Gasteiger partial charge in [0.05, 0.1) is 0 Å². The van der Waals surface area contributed by atoms with Gasteiger partial charge in [0.2, 0.25) is 17.8 Å². The second-order valence-corrected chi connectivity index (χ2v) is 5.58. The normalized spacial score (nSPS) is 23.7. The number of nitrogens with two attached hydrogens (primary N) is 1. The van der Waals surface area contributed by atoms with E-state index in [1.54, 1.807) is 0 Å². The van der Waals surface area contributed by atoms with Crippen molar-refractivity contribution in [3.8, 4) is 0 Å². The van der Waals surface area contributed by atoms with Crippen LogP contribution in [-0.2, 0) is 0 Å². The first-order valence-corrected chi connectivity index (χ1v) is 7.01. The first-order chi connectivity index (χ1) is 9.06. The highest BCUT2D eigenvalue weighted by Crippen LogP contribution is 2.25. The Hall–Kier alpha value is -1.59. The lowest BCUT2D eigenvalue weighted by Gasteiger charge is -2.23. The molecule has 1 aliphatic carbocycles. The Morgan fingerprint density at radius 1 is 1.11 bits per heavy atom. The van der Waals surface area contributed by atoms with Crippen LogP contribution in [0.1, 0.15) is 39.0 Å². The van der Waals surface area contributed by atoms with Gasteiger partial charge in [0.1, 0.15) is 0 Å². The molecule has 0 bridgehead atoms. The molecule has 0 amide bonds. The third-order valence-corrected chi connectivity index (χ3v) is 3.72. The van der Waals surface area contributed by atoms with E-state index in [0.29, 0.717) is 23.9 Å². The monoisotopic (exact) mass is 264 g/mol. The number of aromatic nitrogens is 3. The zero-order valence-corrected chi connectivity index (χ0v) is 12.1. The van der Waals surface area contributed by atoms with Gasteiger partial charge in [-0.2, -0.15) is 15.0 Å². The van der Waals surface area contributed by atoms with Crippen molar-refractivity contribution in [1.29, 1.82) is 0 Å². The van der Waals surface area contributed by atoms with Crippen LogP contribution >= 0.6 is 0 Å². The van der Waals surface area contributed by atoms with Crippen LogP contribution in [0, 0.1) is 5.92 Å². The number of nitrogens with zero attached hydrogens (tertiary/aromatic N) is 4. The van der Waals surface area contributed by atoms with Crippen molar-refractivity contribution >= 4 is 17.8 Å². The quantitative estimate of drug-likeness (QED) is 0.812. The minimum atomic E-state index is 0.266. The molecule has 1 aromatic heterocycles. The van der Waals surface area contributed by atoms with Gasteiger partial charge >= 0.3 is 0 Å². The fraction of sp³-hybridized carbons (Fsp3) is 0.769. The molecule has 1 saturated carbocycles. The number of hydrogen-bond donors (Lipinski definition) is 2. The summed E-state index contributed by atoms with van der Waals surface area (Å²) in [4.78, 5) is 14.5. The molecular formula is C13H24N6. The van der Waals surface area contributed by atoms with E-state index in [2.05, 4.69) is 27.2 Å². The number of nitrogens with one attached hydrogen (secondary N) is 1. The fourth-order valence-corrected chi connectivity index (χ4v) is 2.52. The summed E-state index contributed by atoms with van der Waals surface area (Å²) in [6.45, 7) is 2.29. The van der Waals surface area contributed by atoms with Gasteiger partial charge in [-0.3, -0.25) is 0 Å². The molecule has 106 valence electrons. The van der Waals surface area contributed by atoms with Gasteiger partial charge in [-0.05, 0) is 18.8 Å². The Kier molecular flexibility index (Phi) is 4.39. The molecule has 2 unspecified atom stereocenters. The summed E-state index contributed by atoms with van der Waals surface area (Å²) in [6, 6.07) is 0.430. The highest BCUT2D eigenvalue weighted by Gasteiger charge is 2.21. The van der Waals surface area contributed by atoms with E-state index in [1.807, 2.05) is 19.0 Å². The van der Waals surface area contributed by atoms with Crippen LogP contribution in [0.25, 0.3) is 0 Å². The van der Waals surface area contributed by atoms with E-state index in [-0.39, 0.29) is 5.95 Å². The maximum absolute atomic E-state index is 5.74. The van der Waals surface area contributed by atoms with E-state index in [9.17, 15) is 0 Å². The molecule has 2 rings (SSSR count). The molecule has 0 saturated heterocycles. The molecule has 1 aliphatic rings. The van der Waals surface area contributed by atoms with Crippen LogP contribution < -0.4 is 16.0 Å². The average molecular weight is 264 g/mol. The first-order valence-electron chi connectivity index (χ1n) is 7.01. The van der Waals surface area contributed by atoms with Crippen molar-refractivity contribution in [2.45, 2.75) is 45.1 Å². The van der Waals surface area contributed by atoms with Gasteiger partial charge in [-0.15, -0.1) is 0 Å². The summed E-state index contributed by atoms with van der Waals surface area (Å²) in [5, 5.41) is 3.44.